The molecule has 4 heteroatoms. The van der Waals surface area contributed by atoms with Crippen LogP contribution in [0.4, 0.5) is 0 Å². The van der Waals surface area contributed by atoms with Gasteiger partial charge in [0.15, 0.2) is 8.32 Å². The molecule has 0 aromatic carbocycles. The van der Waals surface area contributed by atoms with Gasteiger partial charge in [-0.3, -0.25) is 0 Å². The van der Waals surface area contributed by atoms with E-state index in [-0.39, 0.29) is 15.0 Å². The molecular weight excluding hydrogens is 196 g/mol. The molecule has 0 unspecified atom stereocenters. The third-order valence-electron chi connectivity index (χ3n) is 2.32. The van der Waals surface area contributed by atoms with Crippen LogP contribution in [0.15, 0.2) is 0 Å². The summed E-state index contributed by atoms with van der Waals surface area (Å²) in [5, 5.41) is 0.236. The molecule has 0 aromatic heterocycles. The van der Waals surface area contributed by atoms with E-state index in [0.717, 1.165) is 0 Å². The fourth-order valence-electron chi connectivity index (χ4n) is 0.358. The topological polar surface area (TPSA) is 18.5 Å². The summed E-state index contributed by atoms with van der Waals surface area (Å²) in [6.45, 7) is 11.3. The van der Waals surface area contributed by atoms with E-state index in [4.69, 9.17) is 15.0 Å². The maximum absolute atomic E-state index is 5.74. The molecule has 0 aliphatic rings. The van der Waals surface area contributed by atoms with Gasteiger partial charge >= 0.3 is 10.0 Å². The standard InChI is InChI=1S/C9H18O2Si2/c1-7-8-10-12-11-13(5,6)9(2,3)4/h1H,8H2,2-6H3. The SMILES string of the molecule is C#CCO[Si]O[Si](C)(C)C(C)(C)C. The van der Waals surface area contributed by atoms with Gasteiger partial charge in [-0.1, -0.05) is 26.7 Å². The maximum atomic E-state index is 5.74. The highest BCUT2D eigenvalue weighted by Gasteiger charge is 2.37. The van der Waals surface area contributed by atoms with Crippen molar-refractivity contribution >= 4 is 18.3 Å². The summed E-state index contributed by atoms with van der Waals surface area (Å²) < 4.78 is 10.9. The van der Waals surface area contributed by atoms with Crippen molar-refractivity contribution in [2.45, 2.75) is 38.9 Å². The lowest BCUT2D eigenvalue weighted by Crippen LogP contribution is -2.42. The molecule has 0 bridgehead atoms. The lowest BCUT2D eigenvalue weighted by molar-refractivity contribution is 0.322. The first-order valence-corrected chi connectivity index (χ1v) is 8.02. The summed E-state index contributed by atoms with van der Waals surface area (Å²) >= 11 is 0. The fraction of sp³-hybridized carbons (Fsp3) is 0.778. The highest BCUT2D eigenvalue weighted by molar-refractivity contribution is 6.77. The average molecular weight is 214 g/mol. The van der Waals surface area contributed by atoms with Crippen LogP contribution in [0.25, 0.3) is 0 Å². The van der Waals surface area contributed by atoms with Crippen molar-refractivity contribution in [1.82, 2.24) is 0 Å². The molecule has 0 saturated heterocycles. The van der Waals surface area contributed by atoms with Crippen LogP contribution in [0, 0.1) is 12.3 Å². The molecule has 0 atom stereocenters. The Balaban J connectivity index is 3.85. The van der Waals surface area contributed by atoms with Crippen molar-refractivity contribution in [2.75, 3.05) is 6.61 Å². The van der Waals surface area contributed by atoms with E-state index in [1.807, 2.05) is 0 Å². The van der Waals surface area contributed by atoms with Crippen molar-refractivity contribution in [1.29, 1.82) is 0 Å². The van der Waals surface area contributed by atoms with Gasteiger partial charge in [0.05, 0.1) is 6.61 Å². The minimum atomic E-state index is -1.64. The quantitative estimate of drug-likeness (QED) is 0.406. The molecule has 0 amide bonds. The Hall–Kier alpha value is -0.0862. The first-order valence-electron chi connectivity index (χ1n) is 4.29. The molecule has 0 saturated carbocycles. The number of hydrogen-bond acceptors (Lipinski definition) is 2. The molecule has 0 rings (SSSR count). The Morgan fingerprint density at radius 2 is 1.92 bits per heavy atom. The van der Waals surface area contributed by atoms with Crippen molar-refractivity contribution in [3.05, 3.63) is 0 Å². The van der Waals surface area contributed by atoms with Crippen LogP contribution >= 0.6 is 0 Å². The molecule has 0 aromatic rings. The zero-order valence-electron chi connectivity index (χ0n) is 9.10. The Labute approximate surface area is 85.2 Å². The highest BCUT2D eigenvalue weighted by Crippen LogP contribution is 2.36. The first-order chi connectivity index (χ1) is 5.81. The van der Waals surface area contributed by atoms with Crippen molar-refractivity contribution in [2.24, 2.45) is 0 Å². The van der Waals surface area contributed by atoms with Crippen LogP contribution < -0.4 is 0 Å². The molecule has 0 heterocycles. The van der Waals surface area contributed by atoms with Crippen LogP contribution in [-0.2, 0) is 8.54 Å². The van der Waals surface area contributed by atoms with E-state index in [1.165, 1.54) is 0 Å². The first kappa shape index (κ1) is 12.9. The zero-order chi connectivity index (χ0) is 10.5. The van der Waals surface area contributed by atoms with E-state index >= 15 is 0 Å². The van der Waals surface area contributed by atoms with E-state index in [9.17, 15) is 0 Å². The molecule has 74 valence electrons. The third-order valence-corrected chi connectivity index (χ3v) is 8.57. The second kappa shape index (κ2) is 4.96. The highest BCUT2D eigenvalue weighted by atomic mass is 28.4. The second-order valence-electron chi connectivity index (χ2n) is 4.44. The van der Waals surface area contributed by atoms with Crippen LogP contribution in [-0.4, -0.2) is 24.9 Å². The van der Waals surface area contributed by atoms with E-state index < -0.39 is 8.32 Å². The number of rotatable bonds is 4. The van der Waals surface area contributed by atoms with Crippen molar-refractivity contribution < 1.29 is 8.54 Å². The van der Waals surface area contributed by atoms with Gasteiger partial charge < -0.3 is 8.54 Å². The second-order valence-corrected chi connectivity index (χ2v) is 10.2. The summed E-state index contributed by atoms with van der Waals surface area (Å²) in [6.07, 6.45) is 5.05. The molecule has 0 aliphatic heterocycles. The van der Waals surface area contributed by atoms with Crippen LogP contribution in [0.3, 0.4) is 0 Å². The van der Waals surface area contributed by atoms with Gasteiger partial charge in [0.1, 0.15) is 0 Å². The Kier molecular flexibility index (Phi) is 4.93. The largest absolute Gasteiger partial charge is 0.434 e. The van der Waals surface area contributed by atoms with Crippen molar-refractivity contribution in [3.8, 4) is 12.3 Å². The molecule has 13 heavy (non-hydrogen) atoms. The fourth-order valence-corrected chi connectivity index (χ4v) is 2.79. The van der Waals surface area contributed by atoms with Gasteiger partial charge in [-0.15, -0.1) is 6.42 Å². The van der Waals surface area contributed by atoms with Crippen molar-refractivity contribution in [3.63, 3.8) is 0 Å². The molecule has 0 fully saturated rings. The Morgan fingerprint density at radius 1 is 1.38 bits per heavy atom. The number of terminal acetylenes is 1. The summed E-state index contributed by atoms with van der Waals surface area (Å²) in [5.41, 5.74) is 0. The van der Waals surface area contributed by atoms with E-state index in [2.05, 4.69) is 39.8 Å². The minimum Gasteiger partial charge on any atom is -0.434 e. The van der Waals surface area contributed by atoms with Gasteiger partial charge in [0.2, 0.25) is 0 Å². The summed E-state index contributed by atoms with van der Waals surface area (Å²) in [7, 11) is -1.55. The predicted molar refractivity (Wildman–Crippen MR) is 58.8 cm³/mol. The zero-order valence-corrected chi connectivity index (χ0v) is 11.1. The van der Waals surface area contributed by atoms with Gasteiger partial charge in [0, 0.05) is 0 Å². The molecular formula is C9H18O2Si2. The third kappa shape index (κ3) is 4.62. The van der Waals surface area contributed by atoms with Gasteiger partial charge in [0.25, 0.3) is 0 Å². The minimum absolute atomic E-state index is 0.0832. The lowest BCUT2D eigenvalue weighted by atomic mass is 10.2. The van der Waals surface area contributed by atoms with E-state index in [1.54, 1.807) is 0 Å². The van der Waals surface area contributed by atoms with Gasteiger partial charge in [-0.25, -0.2) is 0 Å². The van der Waals surface area contributed by atoms with Crippen LogP contribution in [0.2, 0.25) is 18.1 Å². The molecule has 0 N–H and O–H groups in total. The average Bonchev–Trinajstić information content (AvgIpc) is 1.96. The number of hydrogen-bond donors (Lipinski definition) is 0. The van der Waals surface area contributed by atoms with E-state index in [0.29, 0.717) is 6.61 Å². The monoisotopic (exact) mass is 214 g/mol. The normalized spacial score (nSPS) is 12.6. The lowest BCUT2D eigenvalue weighted by Gasteiger charge is -2.35. The Morgan fingerprint density at radius 3 is 2.31 bits per heavy atom. The van der Waals surface area contributed by atoms with Gasteiger partial charge in [-0.05, 0) is 18.1 Å². The van der Waals surface area contributed by atoms with Crippen LogP contribution in [0.1, 0.15) is 20.8 Å². The smallest absolute Gasteiger partial charge is 0.422 e. The molecule has 2 radical (unpaired) electrons. The molecule has 0 aliphatic carbocycles. The maximum Gasteiger partial charge on any atom is 0.422 e. The summed E-state index contributed by atoms with van der Waals surface area (Å²) in [5.74, 6) is 2.41. The summed E-state index contributed by atoms with van der Waals surface area (Å²) in [6, 6.07) is 0. The predicted octanol–water partition coefficient (Wildman–Crippen LogP) is 2.19. The van der Waals surface area contributed by atoms with Gasteiger partial charge in [-0.2, -0.15) is 0 Å². The molecule has 0 spiro atoms. The van der Waals surface area contributed by atoms with Crippen LogP contribution in [0.5, 0.6) is 0 Å². The summed E-state index contributed by atoms with van der Waals surface area (Å²) in [4.78, 5) is 0. The Bertz CT molecular complexity index is 189. The molecule has 2 nitrogen and oxygen atoms in total.